The van der Waals surface area contributed by atoms with E-state index in [0.29, 0.717) is 6.42 Å². The molecular weight excluding hydrogens is 244 g/mol. The molecule has 1 heteroatoms. The largest absolute Gasteiger partial charge is 0.393 e. The fraction of sp³-hybridized carbons (Fsp3) is 0.947. The number of hydrogen-bond donors (Lipinski definition) is 1. The van der Waals surface area contributed by atoms with Gasteiger partial charge in [-0.15, -0.1) is 0 Å². The second-order valence-corrected chi connectivity index (χ2v) is 6.33. The van der Waals surface area contributed by atoms with Gasteiger partial charge in [-0.3, -0.25) is 0 Å². The van der Waals surface area contributed by atoms with Gasteiger partial charge in [-0.2, -0.15) is 0 Å². The lowest BCUT2D eigenvalue weighted by Crippen LogP contribution is -2.03. The lowest BCUT2D eigenvalue weighted by atomic mass is 10.0. The molecule has 0 saturated carbocycles. The van der Waals surface area contributed by atoms with Gasteiger partial charge in [0.1, 0.15) is 0 Å². The summed E-state index contributed by atoms with van der Waals surface area (Å²) < 4.78 is 0. The van der Waals surface area contributed by atoms with Crippen molar-refractivity contribution in [2.45, 2.75) is 116 Å². The van der Waals surface area contributed by atoms with Gasteiger partial charge in [-0.05, 0) is 12.8 Å². The second kappa shape index (κ2) is 17.0. The third-order valence-corrected chi connectivity index (χ3v) is 4.22. The summed E-state index contributed by atoms with van der Waals surface area (Å²) in [5, 5.41) is 9.39. The summed E-state index contributed by atoms with van der Waals surface area (Å²) in [5.41, 5.74) is 0. The van der Waals surface area contributed by atoms with Crippen molar-refractivity contribution in [1.29, 1.82) is 0 Å². The lowest BCUT2D eigenvalue weighted by Gasteiger charge is -2.06. The van der Waals surface area contributed by atoms with Crippen LogP contribution in [0.4, 0.5) is 0 Å². The summed E-state index contributed by atoms with van der Waals surface area (Å²) in [7, 11) is 0. The zero-order chi connectivity index (χ0) is 14.9. The molecule has 20 heavy (non-hydrogen) atoms. The van der Waals surface area contributed by atoms with Gasteiger partial charge >= 0.3 is 0 Å². The highest BCUT2D eigenvalue weighted by molar-refractivity contribution is 4.57. The monoisotopic (exact) mass is 283 g/mol. The molecule has 0 aromatic rings. The van der Waals surface area contributed by atoms with Gasteiger partial charge in [0.25, 0.3) is 0 Å². The minimum absolute atomic E-state index is 0.160. The number of aliphatic hydroxyl groups excluding tert-OH is 1. The van der Waals surface area contributed by atoms with Crippen molar-refractivity contribution in [3.8, 4) is 0 Å². The van der Waals surface area contributed by atoms with Crippen LogP contribution in [0.1, 0.15) is 110 Å². The Hall–Kier alpha value is -0.0400. The molecule has 1 atom stereocenters. The van der Waals surface area contributed by atoms with Crippen molar-refractivity contribution < 1.29 is 5.11 Å². The lowest BCUT2D eigenvalue weighted by molar-refractivity contribution is 0.163. The summed E-state index contributed by atoms with van der Waals surface area (Å²) >= 11 is 0. The van der Waals surface area contributed by atoms with Gasteiger partial charge < -0.3 is 5.11 Å². The molecule has 0 spiro atoms. The van der Waals surface area contributed by atoms with Crippen LogP contribution in [0, 0.1) is 6.92 Å². The van der Waals surface area contributed by atoms with Gasteiger partial charge in [0.05, 0.1) is 6.10 Å². The first kappa shape index (κ1) is 20.0. The molecule has 0 aromatic carbocycles. The first-order valence-electron chi connectivity index (χ1n) is 9.28. The van der Waals surface area contributed by atoms with Crippen molar-refractivity contribution in [2.75, 3.05) is 0 Å². The molecule has 0 saturated heterocycles. The molecule has 121 valence electrons. The van der Waals surface area contributed by atoms with E-state index in [1.807, 2.05) is 0 Å². The molecule has 0 aliphatic rings. The van der Waals surface area contributed by atoms with Crippen molar-refractivity contribution in [3.63, 3.8) is 0 Å². The SMILES string of the molecule is [CH2]CC(O)CCCCCCCCCCCCCCCC. The van der Waals surface area contributed by atoms with Crippen LogP contribution < -0.4 is 0 Å². The first-order valence-corrected chi connectivity index (χ1v) is 9.28. The molecule has 1 unspecified atom stereocenters. The summed E-state index contributed by atoms with van der Waals surface area (Å²) in [5.74, 6) is 0. The highest BCUT2D eigenvalue weighted by Gasteiger charge is 1.99. The Morgan fingerprint density at radius 3 is 1.35 bits per heavy atom. The summed E-state index contributed by atoms with van der Waals surface area (Å²) in [6, 6.07) is 0. The quantitative estimate of drug-likeness (QED) is 0.323. The zero-order valence-corrected chi connectivity index (χ0v) is 14.0. The standard InChI is InChI=1S/C19H39O/c1-3-5-6-7-8-9-10-11-12-13-14-15-16-17-18-19(20)4-2/h19-20H,2-18H2,1H3. The molecule has 1 radical (unpaired) electrons. The third-order valence-electron chi connectivity index (χ3n) is 4.22. The van der Waals surface area contributed by atoms with Crippen molar-refractivity contribution in [2.24, 2.45) is 0 Å². The van der Waals surface area contributed by atoms with Gasteiger partial charge in [0, 0.05) is 0 Å². The summed E-state index contributed by atoms with van der Waals surface area (Å²) in [6.45, 7) is 6.00. The van der Waals surface area contributed by atoms with Crippen molar-refractivity contribution >= 4 is 0 Å². The Morgan fingerprint density at radius 2 is 1.00 bits per heavy atom. The molecular formula is C19H39O. The smallest absolute Gasteiger partial charge is 0.0540 e. The average molecular weight is 284 g/mol. The van der Waals surface area contributed by atoms with Crippen LogP contribution in [0.15, 0.2) is 0 Å². The number of aliphatic hydroxyl groups is 1. The molecule has 0 aliphatic heterocycles. The zero-order valence-electron chi connectivity index (χ0n) is 14.0. The molecule has 0 bridgehead atoms. The minimum Gasteiger partial charge on any atom is -0.393 e. The van der Waals surface area contributed by atoms with Gasteiger partial charge in [-0.25, -0.2) is 0 Å². The maximum atomic E-state index is 9.39. The van der Waals surface area contributed by atoms with Gasteiger partial charge in [0.2, 0.25) is 0 Å². The van der Waals surface area contributed by atoms with Gasteiger partial charge in [-0.1, -0.05) is 104 Å². The number of hydrogen-bond acceptors (Lipinski definition) is 1. The molecule has 0 fully saturated rings. The highest BCUT2D eigenvalue weighted by Crippen LogP contribution is 2.13. The van der Waals surface area contributed by atoms with Gasteiger partial charge in [0.15, 0.2) is 0 Å². The normalized spacial score (nSPS) is 12.8. The topological polar surface area (TPSA) is 20.2 Å². The molecule has 0 amide bonds. The second-order valence-electron chi connectivity index (χ2n) is 6.33. The average Bonchev–Trinajstić information content (AvgIpc) is 2.47. The fourth-order valence-corrected chi connectivity index (χ4v) is 2.72. The van der Waals surface area contributed by atoms with E-state index in [4.69, 9.17) is 0 Å². The van der Waals surface area contributed by atoms with E-state index in [9.17, 15) is 5.11 Å². The first-order chi connectivity index (χ1) is 9.81. The van der Waals surface area contributed by atoms with Crippen LogP contribution >= 0.6 is 0 Å². The Balaban J connectivity index is 2.96. The summed E-state index contributed by atoms with van der Waals surface area (Å²) in [4.78, 5) is 0. The van der Waals surface area contributed by atoms with Crippen LogP contribution in [0.25, 0.3) is 0 Å². The van der Waals surface area contributed by atoms with Crippen LogP contribution in [-0.2, 0) is 0 Å². The van der Waals surface area contributed by atoms with E-state index < -0.39 is 0 Å². The van der Waals surface area contributed by atoms with E-state index >= 15 is 0 Å². The predicted octanol–water partition coefficient (Wildman–Crippen LogP) is 6.44. The Kier molecular flexibility index (Phi) is 17.0. The Labute approximate surface area is 128 Å². The van der Waals surface area contributed by atoms with Crippen molar-refractivity contribution in [3.05, 3.63) is 6.92 Å². The molecule has 0 rings (SSSR count). The molecule has 1 nitrogen and oxygen atoms in total. The Morgan fingerprint density at radius 1 is 0.650 bits per heavy atom. The fourth-order valence-electron chi connectivity index (χ4n) is 2.72. The Bertz CT molecular complexity index is 167. The van der Waals surface area contributed by atoms with E-state index in [2.05, 4.69) is 13.8 Å². The van der Waals surface area contributed by atoms with E-state index in [-0.39, 0.29) is 6.10 Å². The van der Waals surface area contributed by atoms with Crippen LogP contribution in [0.3, 0.4) is 0 Å². The van der Waals surface area contributed by atoms with Crippen LogP contribution in [-0.4, -0.2) is 11.2 Å². The molecule has 1 N–H and O–H groups in total. The molecule has 0 aromatic heterocycles. The highest BCUT2D eigenvalue weighted by atomic mass is 16.3. The third kappa shape index (κ3) is 16.0. The number of unbranched alkanes of at least 4 members (excludes halogenated alkanes) is 13. The molecule has 0 aliphatic carbocycles. The maximum absolute atomic E-state index is 9.39. The molecule has 0 heterocycles. The maximum Gasteiger partial charge on any atom is 0.0540 e. The van der Waals surface area contributed by atoms with E-state index in [1.54, 1.807) is 0 Å². The van der Waals surface area contributed by atoms with Crippen LogP contribution in [0.5, 0.6) is 0 Å². The predicted molar refractivity (Wildman–Crippen MR) is 90.9 cm³/mol. The minimum atomic E-state index is -0.160. The van der Waals surface area contributed by atoms with E-state index in [0.717, 1.165) is 6.42 Å². The summed E-state index contributed by atoms with van der Waals surface area (Å²) in [6.07, 6.45) is 20.9. The van der Waals surface area contributed by atoms with E-state index in [1.165, 1.54) is 89.9 Å². The number of rotatable bonds is 16. The van der Waals surface area contributed by atoms with Crippen LogP contribution in [0.2, 0.25) is 0 Å². The van der Waals surface area contributed by atoms with Crippen molar-refractivity contribution in [1.82, 2.24) is 0 Å².